The van der Waals surface area contributed by atoms with E-state index >= 15 is 0 Å². The quantitative estimate of drug-likeness (QED) is 0.417. The Hall–Kier alpha value is -3.05. The molecule has 0 spiro atoms. The van der Waals surface area contributed by atoms with Crippen LogP contribution in [0.5, 0.6) is 0 Å². The maximum Gasteiger partial charge on any atom is 0.277 e. The van der Waals surface area contributed by atoms with Gasteiger partial charge < -0.3 is 27.0 Å². The highest BCUT2D eigenvalue weighted by atomic mass is 32.1. The van der Waals surface area contributed by atoms with Crippen molar-refractivity contribution in [3.05, 3.63) is 47.4 Å². The number of nitrogens with one attached hydrogen (secondary N) is 2. The number of anilines is 1. The van der Waals surface area contributed by atoms with Crippen molar-refractivity contribution in [1.29, 1.82) is 0 Å². The van der Waals surface area contributed by atoms with Crippen molar-refractivity contribution in [2.45, 2.75) is 6.92 Å². The normalized spacial score (nSPS) is 18.1. The molecule has 0 aliphatic carbocycles. The number of amidine groups is 1. The predicted octanol–water partition coefficient (Wildman–Crippen LogP) is 1.77. The van der Waals surface area contributed by atoms with E-state index in [0.717, 1.165) is 43.1 Å². The van der Waals surface area contributed by atoms with Crippen LogP contribution in [0.1, 0.15) is 17.4 Å². The molecule has 166 valence electrons. The van der Waals surface area contributed by atoms with Gasteiger partial charge in [0, 0.05) is 32.9 Å². The van der Waals surface area contributed by atoms with Crippen LogP contribution >= 0.6 is 11.3 Å². The number of aromatic nitrogens is 1. The summed E-state index contributed by atoms with van der Waals surface area (Å²) in [6.07, 6.45) is 1.25. The minimum atomic E-state index is -0.785. The molecule has 1 aromatic carbocycles. The third kappa shape index (κ3) is 5.00. The van der Waals surface area contributed by atoms with Crippen LogP contribution in [0.4, 0.5) is 13.8 Å². The van der Waals surface area contributed by atoms with Gasteiger partial charge in [-0.15, -0.1) is 0 Å². The molecule has 11 heteroatoms. The first-order chi connectivity index (χ1) is 14.8. The number of nitrogens with two attached hydrogens (primary N) is 2. The fraction of sp³-hybridized carbons (Fsp3) is 0.350. The molecular formula is C20H25F2N7OS. The van der Waals surface area contributed by atoms with E-state index in [-0.39, 0.29) is 21.3 Å². The predicted molar refractivity (Wildman–Crippen MR) is 119 cm³/mol. The first-order valence-corrected chi connectivity index (χ1v) is 10.5. The van der Waals surface area contributed by atoms with Crippen molar-refractivity contribution < 1.29 is 13.6 Å². The molecule has 8 nitrogen and oxygen atoms in total. The van der Waals surface area contributed by atoms with E-state index in [2.05, 4.69) is 27.5 Å². The molecule has 0 saturated carbocycles. The molecule has 0 radical (unpaired) electrons. The minimum Gasteiger partial charge on any atom is -0.403 e. The Kier molecular flexibility index (Phi) is 7.18. The standard InChI is InChI=1S/C20H25F2N7OS/c1-11-9-26-6-7-29(10-11)18(25-2)14(8-23)27-19(30)16-17(24)31-20(28-16)15-12(21)4-3-5-13(15)22/h3-5,8,11,26H,6-7,9-10,23-24H2,1-2H3,(H,27,30)/b14-8+,25-18?/t11-/m0/s1. The fourth-order valence-electron chi connectivity index (χ4n) is 3.38. The SMILES string of the molecule is CN=C(/C(=C\N)NC(=O)c1nc(-c2c(F)cccc2F)sc1N)N1CCNC[C@H](C)C1. The second-order valence-electron chi connectivity index (χ2n) is 7.17. The van der Waals surface area contributed by atoms with Gasteiger partial charge >= 0.3 is 0 Å². The Morgan fingerprint density at radius 1 is 1.42 bits per heavy atom. The average molecular weight is 450 g/mol. The van der Waals surface area contributed by atoms with Crippen molar-refractivity contribution in [2.24, 2.45) is 16.6 Å². The average Bonchev–Trinajstić information content (AvgIpc) is 2.97. The van der Waals surface area contributed by atoms with E-state index in [0.29, 0.717) is 24.0 Å². The highest BCUT2D eigenvalue weighted by Gasteiger charge is 2.25. The number of benzene rings is 1. The Morgan fingerprint density at radius 3 is 2.77 bits per heavy atom. The molecule has 1 fully saturated rings. The van der Waals surface area contributed by atoms with Crippen LogP contribution in [0.15, 0.2) is 35.1 Å². The smallest absolute Gasteiger partial charge is 0.277 e. The summed E-state index contributed by atoms with van der Waals surface area (Å²) in [5.41, 5.74) is 11.6. The minimum absolute atomic E-state index is 0.0201. The number of carbonyl (C=O) groups excluding carboxylic acids is 1. The largest absolute Gasteiger partial charge is 0.403 e. The molecule has 0 bridgehead atoms. The van der Waals surface area contributed by atoms with Gasteiger partial charge in [0.05, 0.1) is 11.3 Å². The van der Waals surface area contributed by atoms with Gasteiger partial charge in [-0.3, -0.25) is 9.79 Å². The van der Waals surface area contributed by atoms with Gasteiger partial charge in [0.25, 0.3) is 5.91 Å². The van der Waals surface area contributed by atoms with E-state index in [1.807, 2.05) is 4.90 Å². The van der Waals surface area contributed by atoms with Gasteiger partial charge in [-0.05, 0) is 24.6 Å². The summed E-state index contributed by atoms with van der Waals surface area (Å²) < 4.78 is 28.2. The van der Waals surface area contributed by atoms with E-state index < -0.39 is 17.5 Å². The number of halogens is 2. The fourth-order valence-corrected chi connectivity index (χ4v) is 4.25. The topological polar surface area (TPSA) is 122 Å². The zero-order valence-electron chi connectivity index (χ0n) is 17.3. The summed E-state index contributed by atoms with van der Waals surface area (Å²) in [5, 5.41) is 6.04. The number of aliphatic imine (C=N–C) groups is 1. The highest BCUT2D eigenvalue weighted by Crippen LogP contribution is 2.33. The number of amides is 1. The number of nitrogens with zero attached hydrogens (tertiary/aromatic N) is 3. The third-order valence-corrected chi connectivity index (χ3v) is 5.70. The van der Waals surface area contributed by atoms with Gasteiger partial charge in [0.15, 0.2) is 5.69 Å². The first-order valence-electron chi connectivity index (χ1n) is 9.72. The van der Waals surface area contributed by atoms with E-state index in [9.17, 15) is 13.6 Å². The molecule has 3 rings (SSSR count). The lowest BCUT2D eigenvalue weighted by atomic mass is 10.1. The third-order valence-electron chi connectivity index (χ3n) is 4.80. The molecule has 6 N–H and O–H groups in total. The summed E-state index contributed by atoms with van der Waals surface area (Å²) in [6, 6.07) is 3.49. The van der Waals surface area contributed by atoms with Crippen molar-refractivity contribution in [3.8, 4) is 10.6 Å². The molecule has 1 aromatic heterocycles. The van der Waals surface area contributed by atoms with Crippen molar-refractivity contribution in [2.75, 3.05) is 39.0 Å². The Bertz CT molecular complexity index is 1000. The lowest BCUT2D eigenvalue weighted by Gasteiger charge is -2.27. The van der Waals surface area contributed by atoms with Crippen LogP contribution in [0.3, 0.4) is 0 Å². The number of nitrogen functional groups attached to an aromatic ring is 1. The van der Waals surface area contributed by atoms with E-state index in [1.165, 1.54) is 12.3 Å². The number of thiazole rings is 1. The monoisotopic (exact) mass is 449 g/mol. The van der Waals surface area contributed by atoms with Crippen LogP contribution < -0.4 is 22.1 Å². The van der Waals surface area contributed by atoms with Gasteiger partial charge in [-0.1, -0.05) is 24.3 Å². The van der Waals surface area contributed by atoms with Gasteiger partial charge in [-0.2, -0.15) is 0 Å². The van der Waals surface area contributed by atoms with Crippen LogP contribution in [-0.4, -0.2) is 54.9 Å². The first kappa shape index (κ1) is 22.6. The summed E-state index contributed by atoms with van der Waals surface area (Å²) >= 11 is 0.830. The summed E-state index contributed by atoms with van der Waals surface area (Å²) in [7, 11) is 1.62. The molecule has 1 amide bonds. The molecule has 1 aliphatic heterocycles. The van der Waals surface area contributed by atoms with Gasteiger partial charge in [0.2, 0.25) is 0 Å². The Balaban J connectivity index is 1.84. The van der Waals surface area contributed by atoms with Crippen LogP contribution in [-0.2, 0) is 0 Å². The number of carbonyl (C=O) groups is 1. The molecule has 2 aromatic rings. The molecule has 2 heterocycles. The Labute approximate surface area is 183 Å². The van der Waals surface area contributed by atoms with E-state index in [1.54, 1.807) is 7.05 Å². The second-order valence-corrected chi connectivity index (χ2v) is 8.20. The van der Waals surface area contributed by atoms with Crippen LogP contribution in [0.25, 0.3) is 10.6 Å². The second kappa shape index (κ2) is 9.84. The maximum absolute atomic E-state index is 14.1. The van der Waals surface area contributed by atoms with Crippen LogP contribution in [0.2, 0.25) is 0 Å². The maximum atomic E-state index is 14.1. The zero-order chi connectivity index (χ0) is 22.5. The summed E-state index contributed by atoms with van der Waals surface area (Å²) in [4.78, 5) is 23.3. The van der Waals surface area contributed by atoms with Crippen molar-refractivity contribution >= 4 is 28.1 Å². The summed E-state index contributed by atoms with van der Waals surface area (Å²) in [6.45, 7) is 5.20. The van der Waals surface area contributed by atoms with E-state index in [4.69, 9.17) is 11.5 Å². The highest BCUT2D eigenvalue weighted by molar-refractivity contribution is 7.19. The van der Waals surface area contributed by atoms with Crippen LogP contribution in [0, 0.1) is 17.6 Å². The lowest BCUT2D eigenvalue weighted by Crippen LogP contribution is -2.41. The Morgan fingerprint density at radius 2 is 2.13 bits per heavy atom. The van der Waals surface area contributed by atoms with Crippen molar-refractivity contribution in [1.82, 2.24) is 20.5 Å². The summed E-state index contributed by atoms with van der Waals surface area (Å²) in [5.74, 6) is -1.31. The molecular weight excluding hydrogens is 424 g/mol. The molecule has 0 unspecified atom stereocenters. The molecule has 31 heavy (non-hydrogen) atoms. The zero-order valence-corrected chi connectivity index (χ0v) is 18.1. The number of hydrogen-bond donors (Lipinski definition) is 4. The molecule has 1 atom stereocenters. The molecule has 1 aliphatic rings. The molecule has 1 saturated heterocycles. The van der Waals surface area contributed by atoms with Crippen molar-refractivity contribution in [3.63, 3.8) is 0 Å². The number of hydrogen-bond acceptors (Lipinski definition) is 7. The van der Waals surface area contributed by atoms with Gasteiger partial charge in [0.1, 0.15) is 27.5 Å². The number of rotatable bonds is 4. The van der Waals surface area contributed by atoms with Gasteiger partial charge in [-0.25, -0.2) is 13.8 Å². The lowest BCUT2D eigenvalue weighted by molar-refractivity contribution is 0.0964.